The summed E-state index contributed by atoms with van der Waals surface area (Å²) < 4.78 is 0. The molecule has 36 heavy (non-hydrogen) atoms. The maximum absolute atomic E-state index is 13.2. The van der Waals surface area contributed by atoms with Crippen molar-refractivity contribution < 1.29 is 9.59 Å². The summed E-state index contributed by atoms with van der Waals surface area (Å²) >= 11 is 0. The highest BCUT2D eigenvalue weighted by atomic mass is 16.2. The molecule has 0 bridgehead atoms. The van der Waals surface area contributed by atoms with E-state index < -0.39 is 0 Å². The monoisotopic (exact) mass is 485 g/mol. The fourth-order valence-electron chi connectivity index (χ4n) is 4.31. The van der Waals surface area contributed by atoms with E-state index in [0.717, 1.165) is 23.5 Å². The van der Waals surface area contributed by atoms with Crippen molar-refractivity contribution in [2.24, 2.45) is 5.92 Å². The molecule has 2 amide bonds. The molecule has 7 nitrogen and oxygen atoms in total. The molecule has 0 saturated carbocycles. The fourth-order valence-corrected chi connectivity index (χ4v) is 4.31. The third-order valence-corrected chi connectivity index (χ3v) is 6.82. The van der Waals surface area contributed by atoms with Crippen molar-refractivity contribution in [2.75, 3.05) is 44.2 Å². The number of nitrogens with zero attached hydrogens (tertiary/aromatic N) is 5. The summed E-state index contributed by atoms with van der Waals surface area (Å²) in [4.78, 5) is 32.0. The van der Waals surface area contributed by atoms with Crippen LogP contribution in [0.1, 0.15) is 36.2 Å². The van der Waals surface area contributed by atoms with Crippen LogP contribution < -0.4 is 4.90 Å². The smallest absolute Gasteiger partial charge is 0.254 e. The molecule has 1 aliphatic rings. The first-order valence-corrected chi connectivity index (χ1v) is 12.7. The van der Waals surface area contributed by atoms with E-state index in [4.69, 9.17) is 0 Å². The molecule has 7 heteroatoms. The van der Waals surface area contributed by atoms with E-state index in [1.54, 1.807) is 17.0 Å². The average molecular weight is 486 g/mol. The summed E-state index contributed by atoms with van der Waals surface area (Å²) in [6, 6.07) is 21.4. The minimum absolute atomic E-state index is 0.0111. The van der Waals surface area contributed by atoms with Crippen LogP contribution in [-0.2, 0) is 4.79 Å². The van der Waals surface area contributed by atoms with E-state index in [-0.39, 0.29) is 18.4 Å². The molecule has 0 aliphatic carbocycles. The Morgan fingerprint density at radius 1 is 0.917 bits per heavy atom. The topological polar surface area (TPSA) is 69.6 Å². The Bertz CT molecular complexity index is 1140. The molecule has 0 spiro atoms. The van der Waals surface area contributed by atoms with Crippen LogP contribution >= 0.6 is 0 Å². The third-order valence-electron chi connectivity index (χ3n) is 6.82. The number of carbonyl (C=O) groups excluding carboxylic acids is 2. The lowest BCUT2D eigenvalue weighted by molar-refractivity contribution is -0.132. The van der Waals surface area contributed by atoms with Gasteiger partial charge in [-0.25, -0.2) is 0 Å². The molecule has 4 rings (SSSR count). The number of aromatic nitrogens is 2. The van der Waals surface area contributed by atoms with Gasteiger partial charge in [0.1, 0.15) is 6.54 Å². The number of hydrogen-bond acceptors (Lipinski definition) is 5. The first-order valence-electron chi connectivity index (χ1n) is 12.7. The average Bonchev–Trinajstić information content (AvgIpc) is 2.93. The van der Waals surface area contributed by atoms with Crippen molar-refractivity contribution in [1.29, 1.82) is 0 Å². The van der Waals surface area contributed by atoms with Crippen molar-refractivity contribution in [1.82, 2.24) is 20.0 Å². The van der Waals surface area contributed by atoms with Gasteiger partial charge in [0.25, 0.3) is 5.91 Å². The van der Waals surface area contributed by atoms with Crippen LogP contribution in [-0.4, -0.2) is 71.1 Å². The van der Waals surface area contributed by atoms with Crippen LogP contribution in [0.3, 0.4) is 0 Å². The molecule has 0 unspecified atom stereocenters. The number of benzene rings is 2. The van der Waals surface area contributed by atoms with Crippen LogP contribution in [0.15, 0.2) is 66.7 Å². The summed E-state index contributed by atoms with van der Waals surface area (Å²) in [6.45, 7) is 9.50. The van der Waals surface area contributed by atoms with Gasteiger partial charge in [0.05, 0.1) is 5.69 Å². The van der Waals surface area contributed by atoms with E-state index in [9.17, 15) is 9.59 Å². The summed E-state index contributed by atoms with van der Waals surface area (Å²) in [5.74, 6) is 1.04. The minimum Gasteiger partial charge on any atom is -0.352 e. The molecule has 1 aromatic heterocycles. The molecule has 188 valence electrons. The molecule has 3 aromatic rings. The third kappa shape index (κ3) is 6.27. The second kappa shape index (κ2) is 11.8. The first kappa shape index (κ1) is 25.4. The highest BCUT2D eigenvalue weighted by Gasteiger charge is 2.26. The number of aryl methyl sites for hydroxylation is 1. The Kier molecular flexibility index (Phi) is 8.31. The first-order chi connectivity index (χ1) is 17.4. The Morgan fingerprint density at radius 2 is 1.61 bits per heavy atom. The number of anilines is 1. The lowest BCUT2D eigenvalue weighted by atomic mass is 10.1. The zero-order chi connectivity index (χ0) is 25.5. The quantitative estimate of drug-likeness (QED) is 0.476. The van der Waals surface area contributed by atoms with E-state index >= 15 is 0 Å². The highest BCUT2D eigenvalue weighted by molar-refractivity contribution is 5.96. The van der Waals surface area contributed by atoms with Gasteiger partial charge in [0.15, 0.2) is 5.82 Å². The van der Waals surface area contributed by atoms with Gasteiger partial charge in [-0.15, -0.1) is 10.2 Å². The molecule has 2 aromatic carbocycles. The van der Waals surface area contributed by atoms with Crippen LogP contribution in [0.4, 0.5) is 5.82 Å². The summed E-state index contributed by atoms with van der Waals surface area (Å²) in [5.41, 5.74) is 3.72. The summed E-state index contributed by atoms with van der Waals surface area (Å²) in [6.07, 6.45) is 0.954. The van der Waals surface area contributed by atoms with Gasteiger partial charge in [-0.05, 0) is 37.1 Å². The molecule has 1 saturated heterocycles. The van der Waals surface area contributed by atoms with Gasteiger partial charge in [-0.1, -0.05) is 68.3 Å². The van der Waals surface area contributed by atoms with Crippen LogP contribution in [0, 0.1) is 12.8 Å². The van der Waals surface area contributed by atoms with Crippen molar-refractivity contribution in [2.45, 2.75) is 27.2 Å². The Balaban J connectivity index is 1.35. The standard InChI is InChI=1S/C29H35N5O2/c1-4-22(2)20-34(29(36)25-8-6-5-7-9-25)21-28(35)33-18-16-32(17-19-33)27-15-14-26(30-31-27)24-12-10-23(3)11-13-24/h5-15,22H,4,16-21H2,1-3H3/t22-/m1/s1. The second-order valence-corrected chi connectivity index (χ2v) is 9.58. The Hall–Kier alpha value is -3.74. The van der Waals surface area contributed by atoms with Gasteiger partial charge in [-0.2, -0.15) is 0 Å². The van der Waals surface area contributed by atoms with Gasteiger partial charge in [0.2, 0.25) is 5.91 Å². The van der Waals surface area contributed by atoms with Crippen LogP contribution in [0.2, 0.25) is 0 Å². The molecule has 0 radical (unpaired) electrons. The number of piperazine rings is 1. The predicted octanol–water partition coefficient (Wildman–Crippen LogP) is 4.29. The lowest BCUT2D eigenvalue weighted by Gasteiger charge is -2.36. The Morgan fingerprint density at radius 3 is 2.22 bits per heavy atom. The number of amides is 2. The normalized spacial score (nSPS) is 14.4. The number of carbonyl (C=O) groups is 2. The highest BCUT2D eigenvalue weighted by Crippen LogP contribution is 2.20. The second-order valence-electron chi connectivity index (χ2n) is 9.58. The molecule has 1 atom stereocenters. The van der Waals surface area contributed by atoms with Crippen molar-refractivity contribution in [3.8, 4) is 11.3 Å². The van der Waals surface area contributed by atoms with Crippen molar-refractivity contribution in [3.63, 3.8) is 0 Å². The largest absolute Gasteiger partial charge is 0.352 e. The SMILES string of the molecule is CC[C@@H](C)CN(CC(=O)N1CCN(c2ccc(-c3ccc(C)cc3)nn2)CC1)C(=O)c1ccccc1. The predicted molar refractivity (Wildman–Crippen MR) is 143 cm³/mol. The number of rotatable bonds is 8. The maximum atomic E-state index is 13.2. The molecule has 1 aliphatic heterocycles. The number of hydrogen-bond donors (Lipinski definition) is 0. The van der Waals surface area contributed by atoms with E-state index in [0.29, 0.717) is 44.2 Å². The lowest BCUT2D eigenvalue weighted by Crippen LogP contribution is -2.52. The van der Waals surface area contributed by atoms with Gasteiger partial charge < -0.3 is 14.7 Å². The fraction of sp³-hybridized carbons (Fsp3) is 0.379. The minimum atomic E-state index is -0.0909. The maximum Gasteiger partial charge on any atom is 0.254 e. The molecular weight excluding hydrogens is 450 g/mol. The summed E-state index contributed by atoms with van der Waals surface area (Å²) in [7, 11) is 0. The van der Waals surface area contributed by atoms with Crippen molar-refractivity contribution in [3.05, 3.63) is 77.9 Å². The van der Waals surface area contributed by atoms with E-state index in [1.807, 2.05) is 35.2 Å². The molecule has 1 fully saturated rings. The van der Waals surface area contributed by atoms with Crippen LogP contribution in [0.5, 0.6) is 0 Å². The van der Waals surface area contributed by atoms with Gasteiger partial charge in [0, 0.05) is 43.9 Å². The van der Waals surface area contributed by atoms with Gasteiger partial charge in [-0.3, -0.25) is 9.59 Å². The van der Waals surface area contributed by atoms with E-state index in [2.05, 4.69) is 60.1 Å². The zero-order valence-corrected chi connectivity index (χ0v) is 21.4. The van der Waals surface area contributed by atoms with Gasteiger partial charge >= 0.3 is 0 Å². The molecular formula is C29H35N5O2. The van der Waals surface area contributed by atoms with Crippen LogP contribution in [0.25, 0.3) is 11.3 Å². The Labute approximate surface area is 213 Å². The summed E-state index contributed by atoms with van der Waals surface area (Å²) in [5, 5.41) is 8.85. The molecule has 2 heterocycles. The van der Waals surface area contributed by atoms with E-state index in [1.165, 1.54) is 5.56 Å². The zero-order valence-electron chi connectivity index (χ0n) is 21.4. The molecule has 0 N–H and O–H groups in total. The van der Waals surface area contributed by atoms with Crippen molar-refractivity contribution >= 4 is 17.6 Å².